The van der Waals surface area contributed by atoms with E-state index in [9.17, 15) is 0 Å². The molecule has 2 atom stereocenters. The van der Waals surface area contributed by atoms with Gasteiger partial charge < -0.3 is 9.73 Å². The average Bonchev–Trinajstić information content (AvgIpc) is 2.90. The number of nitrogens with one attached hydrogen (secondary N) is 1. The van der Waals surface area contributed by atoms with Gasteiger partial charge in [0.15, 0.2) is 0 Å². The van der Waals surface area contributed by atoms with E-state index in [1.54, 1.807) is 18.7 Å². The zero-order valence-electron chi connectivity index (χ0n) is 11.8. The van der Waals surface area contributed by atoms with E-state index in [4.69, 9.17) is 4.42 Å². The van der Waals surface area contributed by atoms with E-state index >= 15 is 0 Å². The number of rotatable bonds is 6. The molecule has 0 saturated heterocycles. The SMILES string of the molecule is Cc1nccnc1C(C)NC(C)CCc1ccco1. The van der Waals surface area contributed by atoms with E-state index in [0.29, 0.717) is 6.04 Å². The number of hydrogen-bond acceptors (Lipinski definition) is 4. The fourth-order valence-electron chi connectivity index (χ4n) is 2.25. The first-order chi connectivity index (χ1) is 9.16. The Morgan fingerprint density at radius 2 is 2.05 bits per heavy atom. The van der Waals surface area contributed by atoms with Gasteiger partial charge in [0.05, 0.1) is 17.7 Å². The molecule has 0 aromatic carbocycles. The minimum absolute atomic E-state index is 0.209. The van der Waals surface area contributed by atoms with Crippen molar-refractivity contribution >= 4 is 0 Å². The largest absolute Gasteiger partial charge is 0.469 e. The summed E-state index contributed by atoms with van der Waals surface area (Å²) in [6, 6.07) is 4.56. The van der Waals surface area contributed by atoms with E-state index in [0.717, 1.165) is 30.0 Å². The molecule has 0 aliphatic rings. The molecule has 4 nitrogen and oxygen atoms in total. The van der Waals surface area contributed by atoms with Gasteiger partial charge in [0.25, 0.3) is 0 Å². The summed E-state index contributed by atoms with van der Waals surface area (Å²) in [5.41, 5.74) is 2.01. The molecule has 2 aromatic rings. The monoisotopic (exact) mass is 259 g/mol. The molecule has 0 bridgehead atoms. The van der Waals surface area contributed by atoms with Crippen molar-refractivity contribution in [1.29, 1.82) is 0 Å². The van der Waals surface area contributed by atoms with Crippen LogP contribution in [0, 0.1) is 6.92 Å². The number of aryl methyl sites for hydroxylation is 2. The van der Waals surface area contributed by atoms with Crippen LogP contribution in [0.15, 0.2) is 35.2 Å². The Morgan fingerprint density at radius 1 is 1.26 bits per heavy atom. The van der Waals surface area contributed by atoms with Gasteiger partial charge in [0.2, 0.25) is 0 Å². The summed E-state index contributed by atoms with van der Waals surface area (Å²) >= 11 is 0. The van der Waals surface area contributed by atoms with Gasteiger partial charge in [-0.15, -0.1) is 0 Å². The van der Waals surface area contributed by atoms with Crippen molar-refractivity contribution in [2.24, 2.45) is 0 Å². The van der Waals surface area contributed by atoms with Crippen LogP contribution in [-0.2, 0) is 6.42 Å². The molecule has 0 aliphatic heterocycles. The molecule has 2 heterocycles. The Labute approximate surface area is 114 Å². The number of nitrogens with zero attached hydrogens (tertiary/aromatic N) is 2. The van der Waals surface area contributed by atoms with E-state index in [2.05, 4.69) is 29.1 Å². The van der Waals surface area contributed by atoms with Gasteiger partial charge in [-0.25, -0.2) is 0 Å². The van der Waals surface area contributed by atoms with Gasteiger partial charge in [-0.05, 0) is 39.3 Å². The highest BCUT2D eigenvalue weighted by molar-refractivity contribution is 5.12. The first kappa shape index (κ1) is 13.7. The molecule has 0 fully saturated rings. The molecule has 2 aromatic heterocycles. The summed E-state index contributed by atoms with van der Waals surface area (Å²) < 4.78 is 5.34. The van der Waals surface area contributed by atoms with Crippen LogP contribution in [0.2, 0.25) is 0 Å². The van der Waals surface area contributed by atoms with Crippen LogP contribution in [-0.4, -0.2) is 16.0 Å². The molecule has 19 heavy (non-hydrogen) atoms. The highest BCUT2D eigenvalue weighted by Crippen LogP contribution is 2.14. The Hall–Kier alpha value is -1.68. The second kappa shape index (κ2) is 6.48. The van der Waals surface area contributed by atoms with Gasteiger partial charge in [0, 0.05) is 30.9 Å². The van der Waals surface area contributed by atoms with Crippen molar-refractivity contribution in [3.63, 3.8) is 0 Å². The first-order valence-electron chi connectivity index (χ1n) is 6.72. The number of hydrogen-bond donors (Lipinski definition) is 1. The first-order valence-corrected chi connectivity index (χ1v) is 6.72. The molecule has 0 spiro atoms. The minimum Gasteiger partial charge on any atom is -0.469 e. The minimum atomic E-state index is 0.209. The third kappa shape index (κ3) is 3.89. The quantitative estimate of drug-likeness (QED) is 0.866. The summed E-state index contributed by atoms with van der Waals surface area (Å²) in [4.78, 5) is 8.67. The van der Waals surface area contributed by atoms with Crippen LogP contribution in [0.4, 0.5) is 0 Å². The number of furan rings is 1. The lowest BCUT2D eigenvalue weighted by atomic mass is 10.1. The molecular weight excluding hydrogens is 238 g/mol. The van der Waals surface area contributed by atoms with Gasteiger partial charge in [-0.3, -0.25) is 9.97 Å². The molecule has 0 amide bonds. The van der Waals surface area contributed by atoms with E-state index in [1.807, 2.05) is 19.1 Å². The molecule has 2 unspecified atom stereocenters. The lowest BCUT2D eigenvalue weighted by molar-refractivity contribution is 0.425. The van der Waals surface area contributed by atoms with E-state index in [-0.39, 0.29) is 6.04 Å². The third-order valence-electron chi connectivity index (χ3n) is 3.27. The van der Waals surface area contributed by atoms with Crippen molar-refractivity contribution in [2.75, 3.05) is 0 Å². The summed E-state index contributed by atoms with van der Waals surface area (Å²) in [6.07, 6.45) is 7.18. The predicted molar refractivity (Wildman–Crippen MR) is 74.8 cm³/mol. The zero-order chi connectivity index (χ0) is 13.7. The zero-order valence-corrected chi connectivity index (χ0v) is 11.8. The maximum Gasteiger partial charge on any atom is 0.103 e. The van der Waals surface area contributed by atoms with Crippen LogP contribution >= 0.6 is 0 Å². The molecule has 102 valence electrons. The Balaban J connectivity index is 1.85. The molecule has 0 aliphatic carbocycles. The van der Waals surface area contributed by atoms with Crippen LogP contribution < -0.4 is 5.32 Å². The molecule has 4 heteroatoms. The molecule has 1 N–H and O–H groups in total. The summed E-state index contributed by atoms with van der Waals surface area (Å²) in [6.45, 7) is 6.31. The van der Waals surface area contributed by atoms with Crippen molar-refractivity contribution in [2.45, 2.75) is 45.7 Å². The predicted octanol–water partition coefficient (Wildman–Crippen LogP) is 3.05. The fourth-order valence-corrected chi connectivity index (χ4v) is 2.25. The summed E-state index contributed by atoms with van der Waals surface area (Å²) in [7, 11) is 0. The van der Waals surface area contributed by atoms with Crippen LogP contribution in [0.25, 0.3) is 0 Å². The van der Waals surface area contributed by atoms with Crippen LogP contribution in [0.3, 0.4) is 0 Å². The standard InChI is InChI=1S/C15H21N3O/c1-11(6-7-14-5-4-10-19-14)18-13(3)15-12(2)16-8-9-17-15/h4-5,8-11,13,18H,6-7H2,1-3H3. The van der Waals surface area contributed by atoms with Gasteiger partial charge >= 0.3 is 0 Å². The lowest BCUT2D eigenvalue weighted by Crippen LogP contribution is -2.30. The molecule has 2 rings (SSSR count). The summed E-state index contributed by atoms with van der Waals surface area (Å²) in [5.74, 6) is 1.04. The maximum atomic E-state index is 5.34. The second-order valence-corrected chi connectivity index (χ2v) is 4.93. The van der Waals surface area contributed by atoms with Crippen molar-refractivity contribution in [1.82, 2.24) is 15.3 Å². The van der Waals surface area contributed by atoms with Crippen LogP contribution in [0.1, 0.15) is 43.5 Å². The highest BCUT2D eigenvalue weighted by Gasteiger charge is 2.13. The summed E-state index contributed by atoms with van der Waals surface area (Å²) in [5, 5.41) is 3.56. The van der Waals surface area contributed by atoms with E-state index < -0.39 is 0 Å². The Morgan fingerprint density at radius 3 is 2.74 bits per heavy atom. The Bertz CT molecular complexity index is 496. The second-order valence-electron chi connectivity index (χ2n) is 4.93. The topological polar surface area (TPSA) is 51.0 Å². The smallest absolute Gasteiger partial charge is 0.103 e. The van der Waals surface area contributed by atoms with Crippen molar-refractivity contribution in [3.05, 3.63) is 47.9 Å². The van der Waals surface area contributed by atoms with E-state index in [1.165, 1.54) is 0 Å². The maximum absolute atomic E-state index is 5.34. The normalized spacial score (nSPS) is 14.3. The van der Waals surface area contributed by atoms with Gasteiger partial charge in [-0.1, -0.05) is 0 Å². The fraction of sp³-hybridized carbons (Fsp3) is 0.467. The number of aromatic nitrogens is 2. The lowest BCUT2D eigenvalue weighted by Gasteiger charge is -2.20. The van der Waals surface area contributed by atoms with Crippen molar-refractivity contribution in [3.8, 4) is 0 Å². The highest BCUT2D eigenvalue weighted by atomic mass is 16.3. The molecular formula is C15H21N3O. The van der Waals surface area contributed by atoms with Crippen molar-refractivity contribution < 1.29 is 4.42 Å². The average molecular weight is 259 g/mol. The molecule has 0 radical (unpaired) electrons. The Kier molecular flexibility index (Phi) is 4.68. The van der Waals surface area contributed by atoms with Gasteiger partial charge in [0.1, 0.15) is 5.76 Å². The van der Waals surface area contributed by atoms with Gasteiger partial charge in [-0.2, -0.15) is 0 Å². The molecule has 0 saturated carbocycles. The van der Waals surface area contributed by atoms with Crippen LogP contribution in [0.5, 0.6) is 0 Å². The third-order valence-corrected chi connectivity index (χ3v) is 3.27.